The zero-order valence-electron chi connectivity index (χ0n) is 18.9. The third-order valence-corrected chi connectivity index (χ3v) is 5.94. The fourth-order valence-electron chi connectivity index (χ4n) is 3.67. The van der Waals surface area contributed by atoms with Crippen LogP contribution in [0.5, 0.6) is 11.5 Å². The summed E-state index contributed by atoms with van der Waals surface area (Å²) in [7, 11) is 0. The molecule has 0 radical (unpaired) electrons. The highest BCUT2D eigenvalue weighted by molar-refractivity contribution is 9.10. The van der Waals surface area contributed by atoms with Crippen molar-refractivity contribution in [2.75, 3.05) is 6.61 Å². The Morgan fingerprint density at radius 1 is 1.03 bits per heavy atom. The molecule has 0 aliphatic carbocycles. The molecule has 0 aliphatic rings. The van der Waals surface area contributed by atoms with Crippen LogP contribution < -0.4 is 9.47 Å². The molecular weight excluding hydrogens is 508 g/mol. The molecule has 0 fully saturated rings. The molecule has 0 aromatic heterocycles. The first-order valence-corrected chi connectivity index (χ1v) is 11.7. The van der Waals surface area contributed by atoms with E-state index in [2.05, 4.69) is 46.3 Å². The number of non-ortho nitro benzene ring substituents is 1. The number of ether oxygens (including phenoxy) is 2. The van der Waals surface area contributed by atoms with E-state index in [0.29, 0.717) is 40.3 Å². The SMILES string of the molecule is CCOc1cc(/C=C(/C#N)c2ccc([N+](=O)[O-])cc2)cc(Br)c1OCc1ccc2ccccc2c1. The van der Waals surface area contributed by atoms with Crippen LogP contribution in [0.15, 0.2) is 83.3 Å². The van der Waals surface area contributed by atoms with Crippen molar-refractivity contribution in [3.63, 3.8) is 0 Å². The maximum absolute atomic E-state index is 10.9. The van der Waals surface area contributed by atoms with E-state index in [-0.39, 0.29) is 5.69 Å². The van der Waals surface area contributed by atoms with E-state index in [1.807, 2.05) is 37.3 Å². The van der Waals surface area contributed by atoms with Gasteiger partial charge in [0.25, 0.3) is 5.69 Å². The molecule has 0 aliphatic heterocycles. The van der Waals surface area contributed by atoms with Crippen molar-refractivity contribution < 1.29 is 14.4 Å². The molecule has 0 N–H and O–H groups in total. The number of nitrogens with zero attached hydrogens (tertiary/aromatic N) is 2. The molecule has 0 bridgehead atoms. The van der Waals surface area contributed by atoms with Gasteiger partial charge < -0.3 is 9.47 Å². The Kier molecular flexibility index (Phi) is 7.44. The van der Waals surface area contributed by atoms with Crippen molar-refractivity contribution in [2.45, 2.75) is 13.5 Å². The standard InChI is InChI=1S/C28H21BrN2O4/c1-2-34-27-16-20(14-24(17-30)22-9-11-25(12-10-22)31(32)33)15-26(29)28(27)35-18-19-7-8-21-5-3-4-6-23(21)13-19/h3-16H,2,18H2,1H3/b24-14-. The van der Waals surface area contributed by atoms with Gasteiger partial charge in [0.1, 0.15) is 6.61 Å². The molecule has 0 saturated carbocycles. The average Bonchev–Trinajstić information content (AvgIpc) is 2.87. The molecule has 174 valence electrons. The normalized spacial score (nSPS) is 11.2. The van der Waals surface area contributed by atoms with E-state index < -0.39 is 4.92 Å². The number of nitriles is 1. The van der Waals surface area contributed by atoms with Crippen LogP contribution in [-0.4, -0.2) is 11.5 Å². The van der Waals surface area contributed by atoms with Crippen molar-refractivity contribution in [1.82, 2.24) is 0 Å². The number of allylic oxidation sites excluding steroid dienone is 1. The van der Waals surface area contributed by atoms with Gasteiger partial charge in [-0.05, 0) is 86.7 Å². The first-order chi connectivity index (χ1) is 17.0. The Morgan fingerprint density at radius 3 is 2.46 bits per heavy atom. The van der Waals surface area contributed by atoms with E-state index in [0.717, 1.165) is 16.5 Å². The second kappa shape index (κ2) is 10.9. The molecule has 6 nitrogen and oxygen atoms in total. The third-order valence-electron chi connectivity index (χ3n) is 5.35. The number of hydrogen-bond acceptors (Lipinski definition) is 5. The van der Waals surface area contributed by atoms with Gasteiger partial charge in [0, 0.05) is 12.1 Å². The lowest BCUT2D eigenvalue weighted by atomic mass is 10.0. The minimum absolute atomic E-state index is 0.0275. The highest BCUT2D eigenvalue weighted by Crippen LogP contribution is 2.38. The molecule has 4 rings (SSSR count). The molecule has 4 aromatic carbocycles. The topological polar surface area (TPSA) is 85.4 Å². The van der Waals surface area contributed by atoms with Crippen LogP contribution in [0.2, 0.25) is 0 Å². The van der Waals surface area contributed by atoms with Crippen molar-refractivity contribution in [3.05, 3.63) is 110 Å². The van der Waals surface area contributed by atoms with Gasteiger partial charge in [0.15, 0.2) is 11.5 Å². The van der Waals surface area contributed by atoms with Gasteiger partial charge in [0.2, 0.25) is 0 Å². The molecule has 0 saturated heterocycles. The zero-order chi connectivity index (χ0) is 24.8. The second-order valence-electron chi connectivity index (χ2n) is 7.71. The largest absolute Gasteiger partial charge is 0.490 e. The number of rotatable bonds is 8. The summed E-state index contributed by atoms with van der Waals surface area (Å²) in [5.74, 6) is 1.13. The van der Waals surface area contributed by atoms with Crippen molar-refractivity contribution in [1.29, 1.82) is 5.26 Å². The summed E-state index contributed by atoms with van der Waals surface area (Å²) >= 11 is 3.58. The Bertz CT molecular complexity index is 1460. The van der Waals surface area contributed by atoms with Crippen molar-refractivity contribution >= 4 is 44.0 Å². The first-order valence-electron chi connectivity index (χ1n) is 10.9. The maximum atomic E-state index is 10.9. The Hall–Kier alpha value is -4.15. The van der Waals surface area contributed by atoms with Crippen LogP contribution in [0.25, 0.3) is 22.4 Å². The molecule has 0 atom stereocenters. The number of fused-ring (bicyclic) bond motifs is 1. The lowest BCUT2D eigenvalue weighted by Gasteiger charge is -2.15. The van der Waals surface area contributed by atoms with Crippen LogP contribution in [-0.2, 0) is 6.61 Å². The van der Waals surface area contributed by atoms with Gasteiger partial charge >= 0.3 is 0 Å². The highest BCUT2D eigenvalue weighted by atomic mass is 79.9. The molecule has 0 spiro atoms. The lowest BCUT2D eigenvalue weighted by molar-refractivity contribution is -0.384. The van der Waals surface area contributed by atoms with Crippen LogP contribution in [0.1, 0.15) is 23.6 Å². The summed E-state index contributed by atoms with van der Waals surface area (Å²) < 4.78 is 12.7. The minimum atomic E-state index is -0.471. The van der Waals surface area contributed by atoms with Gasteiger partial charge in [-0.3, -0.25) is 10.1 Å². The number of hydrogen-bond donors (Lipinski definition) is 0. The quantitative estimate of drug-likeness (QED) is 0.102. The van der Waals surface area contributed by atoms with E-state index in [1.54, 1.807) is 18.2 Å². The van der Waals surface area contributed by atoms with Gasteiger partial charge in [-0.2, -0.15) is 5.26 Å². The molecule has 7 heteroatoms. The number of nitro groups is 1. The zero-order valence-corrected chi connectivity index (χ0v) is 20.5. The smallest absolute Gasteiger partial charge is 0.269 e. The molecule has 0 heterocycles. The summed E-state index contributed by atoms with van der Waals surface area (Å²) in [6.45, 7) is 2.70. The Balaban J connectivity index is 1.61. The summed E-state index contributed by atoms with van der Waals surface area (Å²) in [4.78, 5) is 10.4. The van der Waals surface area contributed by atoms with Crippen LogP contribution in [0, 0.1) is 21.4 Å². The van der Waals surface area contributed by atoms with Gasteiger partial charge in [-0.15, -0.1) is 0 Å². The minimum Gasteiger partial charge on any atom is -0.490 e. The van der Waals surface area contributed by atoms with Gasteiger partial charge in [0.05, 0.1) is 27.6 Å². The first kappa shape index (κ1) is 24.0. The van der Waals surface area contributed by atoms with E-state index in [1.165, 1.54) is 17.5 Å². The lowest BCUT2D eigenvalue weighted by Crippen LogP contribution is -2.01. The number of nitro benzene ring substituents is 1. The van der Waals surface area contributed by atoms with E-state index in [9.17, 15) is 15.4 Å². The summed E-state index contributed by atoms with van der Waals surface area (Å²) in [5, 5.41) is 22.9. The van der Waals surface area contributed by atoms with Gasteiger partial charge in [-0.25, -0.2) is 0 Å². The Morgan fingerprint density at radius 2 is 1.77 bits per heavy atom. The third kappa shape index (κ3) is 5.68. The van der Waals surface area contributed by atoms with Crippen LogP contribution in [0.4, 0.5) is 5.69 Å². The van der Waals surface area contributed by atoms with Gasteiger partial charge in [-0.1, -0.05) is 36.4 Å². The molecule has 0 unspecified atom stereocenters. The number of halogens is 1. The summed E-state index contributed by atoms with van der Waals surface area (Å²) in [6.07, 6.45) is 1.71. The molecule has 35 heavy (non-hydrogen) atoms. The van der Waals surface area contributed by atoms with Crippen molar-refractivity contribution in [3.8, 4) is 17.6 Å². The Labute approximate surface area is 211 Å². The van der Waals surface area contributed by atoms with Crippen LogP contribution >= 0.6 is 15.9 Å². The van der Waals surface area contributed by atoms with E-state index >= 15 is 0 Å². The van der Waals surface area contributed by atoms with E-state index in [4.69, 9.17) is 9.47 Å². The molecule has 0 amide bonds. The summed E-state index contributed by atoms with van der Waals surface area (Å²) in [6, 6.07) is 26.1. The number of benzene rings is 4. The molecule has 4 aromatic rings. The fourth-order valence-corrected chi connectivity index (χ4v) is 4.24. The molecular formula is C28H21BrN2O4. The predicted molar refractivity (Wildman–Crippen MR) is 140 cm³/mol. The summed E-state index contributed by atoms with van der Waals surface area (Å²) in [5.41, 5.74) is 2.70. The fraction of sp³-hybridized carbons (Fsp3) is 0.107. The van der Waals surface area contributed by atoms with Crippen LogP contribution in [0.3, 0.4) is 0 Å². The second-order valence-corrected chi connectivity index (χ2v) is 8.56. The van der Waals surface area contributed by atoms with Crippen molar-refractivity contribution in [2.24, 2.45) is 0 Å². The monoisotopic (exact) mass is 528 g/mol. The average molecular weight is 529 g/mol. The highest BCUT2D eigenvalue weighted by Gasteiger charge is 2.14. The maximum Gasteiger partial charge on any atom is 0.269 e. The predicted octanol–water partition coefficient (Wildman–Crippen LogP) is 7.55.